The summed E-state index contributed by atoms with van der Waals surface area (Å²) in [6, 6.07) is 7.90. The van der Waals surface area contributed by atoms with E-state index >= 15 is 0 Å². The molecule has 10 heteroatoms. The van der Waals surface area contributed by atoms with Crippen LogP contribution in [0, 0.1) is 0 Å². The van der Waals surface area contributed by atoms with Gasteiger partial charge in [-0.05, 0) is 24.3 Å². The maximum absolute atomic E-state index is 13.0. The number of halogens is 4. The third-order valence-electron chi connectivity index (χ3n) is 4.47. The van der Waals surface area contributed by atoms with Crippen molar-refractivity contribution in [3.8, 4) is 0 Å². The number of alkyl halides is 3. The Hall–Kier alpha value is -2.65. The minimum atomic E-state index is -4.55. The molecule has 0 spiro atoms. The summed E-state index contributed by atoms with van der Waals surface area (Å²) in [6.07, 6.45) is -3.10. The Morgan fingerprint density at radius 1 is 1.10 bits per heavy atom. The van der Waals surface area contributed by atoms with Crippen LogP contribution >= 0.6 is 11.6 Å². The first-order valence-electron chi connectivity index (χ1n) is 8.83. The lowest BCUT2D eigenvalue weighted by atomic mass is 10.1. The fourth-order valence-corrected chi connectivity index (χ4v) is 3.18. The number of para-hydroxylation sites is 1. The van der Waals surface area contributed by atoms with Crippen LogP contribution in [0.1, 0.15) is 16.1 Å². The number of carbonyl (C=O) groups is 2. The number of rotatable bonds is 4. The zero-order valence-corrected chi connectivity index (χ0v) is 16.0. The molecule has 1 N–H and O–H groups in total. The molecular weight excluding hydrogens is 409 g/mol. The Balaban J connectivity index is 1.54. The monoisotopic (exact) mass is 426 g/mol. The van der Waals surface area contributed by atoms with Gasteiger partial charge < -0.3 is 10.2 Å². The van der Waals surface area contributed by atoms with Gasteiger partial charge in [-0.25, -0.2) is 0 Å². The first-order valence-corrected chi connectivity index (χ1v) is 9.21. The minimum Gasteiger partial charge on any atom is -0.335 e. The molecule has 2 amide bonds. The lowest BCUT2D eigenvalue weighted by Gasteiger charge is -2.34. The molecule has 0 saturated carbocycles. The number of carbonyl (C=O) groups excluding carboxylic acids is 2. The molecular formula is C19H18ClF3N4O2. The van der Waals surface area contributed by atoms with Crippen molar-refractivity contribution in [3.63, 3.8) is 0 Å². The highest BCUT2D eigenvalue weighted by atomic mass is 35.5. The van der Waals surface area contributed by atoms with Crippen LogP contribution in [0.5, 0.6) is 0 Å². The summed E-state index contributed by atoms with van der Waals surface area (Å²) in [4.78, 5) is 32.1. The fraction of sp³-hybridized carbons (Fsp3) is 0.316. The molecule has 154 valence electrons. The first kappa shape index (κ1) is 21.1. The largest absolute Gasteiger partial charge is 0.418 e. The standard InChI is InChI=1S/C19H18ClF3N4O2/c20-13-5-6-24-16(11-13)18(29)27-9-7-26(8-10-27)12-17(28)25-15-4-2-1-3-14(15)19(21,22)23/h1-6,11H,7-10,12H2,(H,25,28). The van der Waals surface area contributed by atoms with E-state index in [0.717, 1.165) is 6.07 Å². The zero-order valence-electron chi connectivity index (χ0n) is 15.2. The van der Waals surface area contributed by atoms with Crippen molar-refractivity contribution in [2.45, 2.75) is 6.18 Å². The van der Waals surface area contributed by atoms with Gasteiger partial charge in [0.25, 0.3) is 5.91 Å². The molecule has 0 radical (unpaired) electrons. The van der Waals surface area contributed by atoms with E-state index in [1.807, 2.05) is 0 Å². The molecule has 1 aliphatic heterocycles. The third kappa shape index (κ3) is 5.45. The number of piperazine rings is 1. The number of pyridine rings is 1. The Bertz CT molecular complexity index is 899. The minimum absolute atomic E-state index is 0.0658. The van der Waals surface area contributed by atoms with Crippen molar-refractivity contribution in [3.05, 3.63) is 58.9 Å². The van der Waals surface area contributed by atoms with E-state index in [4.69, 9.17) is 11.6 Å². The number of hydrogen-bond donors (Lipinski definition) is 1. The molecule has 29 heavy (non-hydrogen) atoms. The summed E-state index contributed by atoms with van der Waals surface area (Å²) in [7, 11) is 0. The summed E-state index contributed by atoms with van der Waals surface area (Å²) in [5.74, 6) is -0.798. The highest BCUT2D eigenvalue weighted by molar-refractivity contribution is 6.30. The highest BCUT2D eigenvalue weighted by Crippen LogP contribution is 2.34. The molecule has 2 aromatic rings. The number of amides is 2. The maximum Gasteiger partial charge on any atom is 0.418 e. The van der Waals surface area contributed by atoms with Crippen LogP contribution in [0.15, 0.2) is 42.6 Å². The Morgan fingerprint density at radius 2 is 1.79 bits per heavy atom. The van der Waals surface area contributed by atoms with Gasteiger partial charge in [-0.1, -0.05) is 23.7 Å². The van der Waals surface area contributed by atoms with E-state index in [2.05, 4.69) is 10.3 Å². The van der Waals surface area contributed by atoms with Gasteiger partial charge in [0, 0.05) is 37.4 Å². The van der Waals surface area contributed by atoms with Gasteiger partial charge >= 0.3 is 6.18 Å². The second kappa shape index (κ2) is 8.79. The summed E-state index contributed by atoms with van der Waals surface area (Å²) in [5, 5.41) is 2.74. The number of nitrogens with one attached hydrogen (secondary N) is 1. The molecule has 1 aromatic carbocycles. The van der Waals surface area contributed by atoms with E-state index in [0.29, 0.717) is 31.2 Å². The van der Waals surface area contributed by atoms with Crippen LogP contribution in [0.4, 0.5) is 18.9 Å². The van der Waals surface area contributed by atoms with Gasteiger partial charge in [-0.2, -0.15) is 13.2 Å². The molecule has 1 fully saturated rings. The zero-order chi connectivity index (χ0) is 21.0. The van der Waals surface area contributed by atoms with Crippen LogP contribution in [-0.2, 0) is 11.0 Å². The molecule has 0 bridgehead atoms. The van der Waals surface area contributed by atoms with Crippen LogP contribution in [0.3, 0.4) is 0 Å². The van der Waals surface area contributed by atoms with E-state index < -0.39 is 17.6 Å². The average Bonchev–Trinajstić information content (AvgIpc) is 2.67. The van der Waals surface area contributed by atoms with E-state index in [9.17, 15) is 22.8 Å². The lowest BCUT2D eigenvalue weighted by Crippen LogP contribution is -2.50. The summed E-state index contributed by atoms with van der Waals surface area (Å²) >= 11 is 5.88. The van der Waals surface area contributed by atoms with Crippen molar-refractivity contribution in [1.29, 1.82) is 0 Å². The smallest absolute Gasteiger partial charge is 0.335 e. The molecule has 0 unspecified atom stereocenters. The predicted octanol–water partition coefficient (Wildman–Crippen LogP) is 3.15. The topological polar surface area (TPSA) is 65.5 Å². The number of hydrogen-bond acceptors (Lipinski definition) is 4. The van der Waals surface area contributed by atoms with Gasteiger partial charge in [-0.3, -0.25) is 19.5 Å². The maximum atomic E-state index is 13.0. The SMILES string of the molecule is O=C(CN1CCN(C(=O)c2cc(Cl)ccn2)CC1)Nc1ccccc1C(F)(F)F. The van der Waals surface area contributed by atoms with E-state index in [1.165, 1.54) is 30.5 Å². The number of aromatic nitrogens is 1. The van der Waals surface area contributed by atoms with Crippen molar-refractivity contribution in [2.75, 3.05) is 38.0 Å². The molecule has 0 atom stereocenters. The summed E-state index contributed by atoms with van der Waals surface area (Å²) < 4.78 is 39.1. The Labute approximate surface area is 170 Å². The van der Waals surface area contributed by atoms with Crippen molar-refractivity contribution >= 4 is 29.1 Å². The van der Waals surface area contributed by atoms with Crippen LogP contribution in [-0.4, -0.2) is 59.3 Å². The number of anilines is 1. The normalized spacial score (nSPS) is 15.2. The summed E-state index contributed by atoms with van der Waals surface area (Å²) in [5.41, 5.74) is -0.920. The van der Waals surface area contributed by atoms with Crippen LogP contribution < -0.4 is 5.32 Å². The Morgan fingerprint density at radius 3 is 2.45 bits per heavy atom. The third-order valence-corrected chi connectivity index (χ3v) is 4.71. The van der Waals surface area contributed by atoms with E-state index in [1.54, 1.807) is 15.9 Å². The summed E-state index contributed by atoms with van der Waals surface area (Å²) in [6.45, 7) is 1.52. The number of benzene rings is 1. The molecule has 3 rings (SSSR count). The molecule has 2 heterocycles. The quantitative estimate of drug-likeness (QED) is 0.815. The Kier molecular flexibility index (Phi) is 6.39. The highest BCUT2D eigenvalue weighted by Gasteiger charge is 2.33. The van der Waals surface area contributed by atoms with Gasteiger partial charge in [0.05, 0.1) is 17.8 Å². The van der Waals surface area contributed by atoms with Gasteiger partial charge in [0.2, 0.25) is 5.91 Å². The van der Waals surface area contributed by atoms with Crippen LogP contribution in [0.2, 0.25) is 5.02 Å². The predicted molar refractivity (Wildman–Crippen MR) is 102 cm³/mol. The molecule has 1 saturated heterocycles. The second-order valence-corrected chi connectivity index (χ2v) is 6.96. The van der Waals surface area contributed by atoms with Gasteiger partial charge in [-0.15, -0.1) is 0 Å². The van der Waals surface area contributed by atoms with Crippen LogP contribution in [0.25, 0.3) is 0 Å². The van der Waals surface area contributed by atoms with Crippen molar-refractivity contribution in [1.82, 2.24) is 14.8 Å². The number of nitrogens with zero attached hydrogens (tertiary/aromatic N) is 3. The first-order chi connectivity index (χ1) is 13.7. The van der Waals surface area contributed by atoms with Crippen molar-refractivity contribution in [2.24, 2.45) is 0 Å². The van der Waals surface area contributed by atoms with Gasteiger partial charge in [0.15, 0.2) is 0 Å². The van der Waals surface area contributed by atoms with Crippen molar-refractivity contribution < 1.29 is 22.8 Å². The second-order valence-electron chi connectivity index (χ2n) is 6.52. The molecule has 6 nitrogen and oxygen atoms in total. The fourth-order valence-electron chi connectivity index (χ4n) is 3.02. The average molecular weight is 427 g/mol. The molecule has 1 aliphatic rings. The molecule has 1 aromatic heterocycles. The van der Waals surface area contributed by atoms with Gasteiger partial charge in [0.1, 0.15) is 5.69 Å². The van der Waals surface area contributed by atoms with E-state index in [-0.39, 0.29) is 23.8 Å². The molecule has 0 aliphatic carbocycles. The lowest BCUT2D eigenvalue weighted by molar-refractivity contribution is -0.137.